The van der Waals surface area contributed by atoms with Crippen molar-refractivity contribution in [2.45, 2.75) is 27.3 Å². The molecule has 2 aromatic rings. The lowest BCUT2D eigenvalue weighted by molar-refractivity contribution is -0.385. The van der Waals surface area contributed by atoms with E-state index in [2.05, 4.69) is 31.5 Å². The van der Waals surface area contributed by atoms with E-state index >= 15 is 0 Å². The molecule has 5 heteroatoms. The lowest BCUT2D eigenvalue weighted by Crippen LogP contribution is -2.02. The minimum atomic E-state index is -0.415. The topological polar surface area (TPSA) is 57.3 Å². The van der Waals surface area contributed by atoms with Crippen LogP contribution in [0.15, 0.2) is 24.4 Å². The van der Waals surface area contributed by atoms with Crippen LogP contribution in [-0.4, -0.2) is 16.6 Å². The van der Waals surface area contributed by atoms with Crippen molar-refractivity contribution in [3.63, 3.8) is 0 Å². The number of nitrogens with zero attached hydrogens (tertiary/aromatic N) is 2. The van der Waals surface area contributed by atoms with E-state index in [0.717, 1.165) is 5.56 Å². The molecule has 0 saturated carbocycles. The fourth-order valence-corrected chi connectivity index (χ4v) is 2.27. The second-order valence-electron chi connectivity index (χ2n) is 4.91. The minimum absolute atomic E-state index is 0.00301. The van der Waals surface area contributed by atoms with E-state index in [1.165, 1.54) is 23.9 Å². The summed E-state index contributed by atoms with van der Waals surface area (Å²) < 4.78 is 7.12. The lowest BCUT2D eigenvalue weighted by atomic mass is 10.2. The molecule has 0 fully saturated rings. The molecule has 0 aliphatic carbocycles. The monoisotopic (exact) mass is 274 g/mol. The Labute approximate surface area is 117 Å². The van der Waals surface area contributed by atoms with Gasteiger partial charge < -0.3 is 9.30 Å². The Kier molecular flexibility index (Phi) is 3.79. The third-order valence-electron chi connectivity index (χ3n) is 3.71. The molecule has 1 aromatic carbocycles. The highest BCUT2D eigenvalue weighted by Crippen LogP contribution is 2.28. The van der Waals surface area contributed by atoms with Crippen LogP contribution in [0, 0.1) is 30.9 Å². The van der Waals surface area contributed by atoms with Gasteiger partial charge in [-0.15, -0.1) is 0 Å². The summed E-state index contributed by atoms with van der Waals surface area (Å²) >= 11 is 0. The van der Waals surface area contributed by atoms with Crippen LogP contribution in [0.5, 0.6) is 5.75 Å². The number of hydrogen-bond acceptors (Lipinski definition) is 3. The van der Waals surface area contributed by atoms with Gasteiger partial charge in [0.05, 0.1) is 12.0 Å². The first-order valence-corrected chi connectivity index (χ1v) is 6.38. The highest BCUT2D eigenvalue weighted by Gasteiger charge is 2.15. The standard InChI is InChI=1S/C15H18N2O3/c1-10-8-16(12(3)11(10)2)9-13-5-6-15(20-4)14(7-13)17(18)19/h5-8H,9H2,1-4H3. The summed E-state index contributed by atoms with van der Waals surface area (Å²) in [6.45, 7) is 6.82. The normalized spacial score (nSPS) is 10.6. The van der Waals surface area contributed by atoms with Gasteiger partial charge in [0.2, 0.25) is 0 Å². The van der Waals surface area contributed by atoms with Crippen LogP contribution in [0.2, 0.25) is 0 Å². The summed E-state index contributed by atoms with van der Waals surface area (Å²) in [6, 6.07) is 5.07. The molecule has 5 nitrogen and oxygen atoms in total. The molecule has 1 aromatic heterocycles. The Bertz CT molecular complexity index is 659. The molecule has 1 heterocycles. The maximum absolute atomic E-state index is 11.0. The van der Waals surface area contributed by atoms with Crippen LogP contribution in [0.4, 0.5) is 5.69 Å². The molecule has 0 bridgehead atoms. The first-order chi connectivity index (χ1) is 9.43. The predicted octanol–water partition coefficient (Wildman–Crippen LogP) is 3.38. The zero-order valence-electron chi connectivity index (χ0n) is 12.1. The molecule has 106 valence electrons. The fourth-order valence-electron chi connectivity index (χ4n) is 2.27. The van der Waals surface area contributed by atoms with Crippen molar-refractivity contribution in [1.29, 1.82) is 0 Å². The number of aromatic nitrogens is 1. The first-order valence-electron chi connectivity index (χ1n) is 6.38. The van der Waals surface area contributed by atoms with Crippen LogP contribution in [-0.2, 0) is 6.54 Å². The number of nitro groups is 1. The lowest BCUT2D eigenvalue weighted by Gasteiger charge is -2.08. The van der Waals surface area contributed by atoms with Gasteiger partial charge in [-0.2, -0.15) is 0 Å². The molecule has 0 saturated heterocycles. The number of benzene rings is 1. The van der Waals surface area contributed by atoms with E-state index in [0.29, 0.717) is 6.54 Å². The van der Waals surface area contributed by atoms with Crippen molar-refractivity contribution in [2.75, 3.05) is 7.11 Å². The van der Waals surface area contributed by atoms with Crippen molar-refractivity contribution in [3.8, 4) is 5.75 Å². The van der Waals surface area contributed by atoms with Crippen molar-refractivity contribution in [1.82, 2.24) is 4.57 Å². The van der Waals surface area contributed by atoms with Gasteiger partial charge in [0.15, 0.2) is 5.75 Å². The number of aryl methyl sites for hydroxylation is 1. The molecular weight excluding hydrogens is 256 g/mol. The van der Waals surface area contributed by atoms with Crippen molar-refractivity contribution >= 4 is 5.69 Å². The maximum atomic E-state index is 11.0. The van der Waals surface area contributed by atoms with E-state index in [9.17, 15) is 10.1 Å². The molecule has 20 heavy (non-hydrogen) atoms. The molecule has 0 aliphatic rings. The average molecular weight is 274 g/mol. The Balaban J connectivity index is 2.36. The van der Waals surface area contributed by atoms with Crippen molar-refractivity contribution < 1.29 is 9.66 Å². The summed E-state index contributed by atoms with van der Waals surface area (Å²) in [4.78, 5) is 10.6. The minimum Gasteiger partial charge on any atom is -0.490 e. The molecule has 0 spiro atoms. The molecule has 2 rings (SSSR count). The van der Waals surface area contributed by atoms with Crippen molar-refractivity contribution in [2.24, 2.45) is 0 Å². The quantitative estimate of drug-likeness (QED) is 0.634. The van der Waals surface area contributed by atoms with Gasteiger partial charge in [-0.25, -0.2) is 0 Å². The summed E-state index contributed by atoms with van der Waals surface area (Å²) in [6.07, 6.45) is 2.07. The van der Waals surface area contributed by atoms with E-state index in [4.69, 9.17) is 4.74 Å². The van der Waals surface area contributed by atoms with Gasteiger partial charge in [0.1, 0.15) is 0 Å². The Morgan fingerprint density at radius 3 is 2.50 bits per heavy atom. The van der Waals surface area contributed by atoms with Gasteiger partial charge in [-0.05, 0) is 43.5 Å². The second kappa shape index (κ2) is 5.36. The van der Waals surface area contributed by atoms with Crippen LogP contribution >= 0.6 is 0 Å². The molecule has 0 N–H and O–H groups in total. The number of hydrogen-bond donors (Lipinski definition) is 0. The van der Waals surface area contributed by atoms with Gasteiger partial charge in [0.25, 0.3) is 0 Å². The van der Waals surface area contributed by atoms with Crippen LogP contribution in [0.1, 0.15) is 22.4 Å². The molecule has 0 radical (unpaired) electrons. The molecule has 0 aliphatic heterocycles. The summed E-state index contributed by atoms with van der Waals surface area (Å²) in [5, 5.41) is 11.0. The zero-order chi connectivity index (χ0) is 14.9. The predicted molar refractivity (Wildman–Crippen MR) is 77.4 cm³/mol. The van der Waals surface area contributed by atoms with Gasteiger partial charge in [-0.1, -0.05) is 6.07 Å². The molecular formula is C15H18N2O3. The average Bonchev–Trinajstić information content (AvgIpc) is 2.66. The van der Waals surface area contributed by atoms with E-state index in [-0.39, 0.29) is 11.4 Å². The van der Waals surface area contributed by atoms with Crippen LogP contribution < -0.4 is 4.74 Å². The smallest absolute Gasteiger partial charge is 0.311 e. The van der Waals surface area contributed by atoms with Crippen LogP contribution in [0.25, 0.3) is 0 Å². The Morgan fingerprint density at radius 1 is 1.30 bits per heavy atom. The number of ether oxygens (including phenoxy) is 1. The fraction of sp³-hybridized carbons (Fsp3) is 0.333. The second-order valence-corrected chi connectivity index (χ2v) is 4.91. The Morgan fingerprint density at radius 2 is 2.00 bits per heavy atom. The molecule has 0 amide bonds. The van der Waals surface area contributed by atoms with E-state index < -0.39 is 4.92 Å². The molecule has 0 unspecified atom stereocenters. The van der Waals surface area contributed by atoms with Crippen LogP contribution in [0.3, 0.4) is 0 Å². The highest BCUT2D eigenvalue weighted by atomic mass is 16.6. The van der Waals surface area contributed by atoms with E-state index in [1.54, 1.807) is 12.1 Å². The largest absolute Gasteiger partial charge is 0.490 e. The third kappa shape index (κ3) is 2.52. The Hall–Kier alpha value is -2.30. The summed E-state index contributed by atoms with van der Waals surface area (Å²) in [5.41, 5.74) is 4.55. The maximum Gasteiger partial charge on any atom is 0.311 e. The summed E-state index contributed by atoms with van der Waals surface area (Å²) in [5.74, 6) is 0.287. The summed E-state index contributed by atoms with van der Waals surface area (Å²) in [7, 11) is 1.44. The first kappa shape index (κ1) is 14.1. The van der Waals surface area contributed by atoms with Gasteiger partial charge >= 0.3 is 5.69 Å². The van der Waals surface area contributed by atoms with Crippen molar-refractivity contribution in [3.05, 3.63) is 56.9 Å². The third-order valence-corrected chi connectivity index (χ3v) is 3.71. The highest BCUT2D eigenvalue weighted by molar-refractivity contribution is 5.48. The SMILES string of the molecule is COc1ccc(Cn2cc(C)c(C)c2C)cc1[N+](=O)[O-]. The number of methoxy groups -OCH3 is 1. The van der Waals surface area contributed by atoms with Gasteiger partial charge in [0, 0.05) is 24.5 Å². The number of nitro benzene ring substituents is 1. The van der Waals surface area contributed by atoms with E-state index in [1.807, 2.05) is 6.07 Å². The molecule has 0 atom stereocenters. The number of rotatable bonds is 4. The van der Waals surface area contributed by atoms with Gasteiger partial charge in [-0.3, -0.25) is 10.1 Å². The zero-order valence-corrected chi connectivity index (χ0v) is 12.1.